The van der Waals surface area contributed by atoms with Gasteiger partial charge in [-0.05, 0) is 42.5 Å². The van der Waals surface area contributed by atoms with Crippen molar-refractivity contribution in [3.63, 3.8) is 0 Å². The van der Waals surface area contributed by atoms with Crippen molar-refractivity contribution in [2.75, 3.05) is 25.6 Å². The molecule has 2 aromatic rings. The van der Waals surface area contributed by atoms with Crippen molar-refractivity contribution >= 4 is 40.7 Å². The van der Waals surface area contributed by atoms with Crippen LogP contribution in [0, 0.1) is 0 Å². The fraction of sp³-hybridized carbons (Fsp3) is 0.176. The molecular formula is C17H16Cl2N2O3. The minimum Gasteiger partial charge on any atom is -0.383 e. The number of carbonyl (C=O) groups is 2. The molecule has 2 rings (SSSR count). The monoisotopic (exact) mass is 366 g/mol. The second kappa shape index (κ2) is 8.68. The summed E-state index contributed by atoms with van der Waals surface area (Å²) in [4.78, 5) is 24.1. The van der Waals surface area contributed by atoms with Gasteiger partial charge in [-0.15, -0.1) is 0 Å². The van der Waals surface area contributed by atoms with E-state index in [0.29, 0.717) is 40.0 Å². The highest BCUT2D eigenvalue weighted by atomic mass is 35.5. The standard InChI is InChI=1S/C17H16Cl2N2O3/c1-24-7-6-20-16(22)11-2-4-15(5-3-11)21-17(23)12-8-13(18)10-14(19)9-12/h2-5,8-10H,6-7H2,1H3,(H,20,22)(H,21,23). The van der Waals surface area contributed by atoms with Gasteiger partial charge in [0.05, 0.1) is 6.61 Å². The number of carbonyl (C=O) groups excluding carboxylic acids is 2. The van der Waals surface area contributed by atoms with E-state index >= 15 is 0 Å². The van der Waals surface area contributed by atoms with Gasteiger partial charge in [0.25, 0.3) is 11.8 Å². The van der Waals surface area contributed by atoms with Crippen molar-refractivity contribution in [2.24, 2.45) is 0 Å². The van der Waals surface area contributed by atoms with Gasteiger partial charge in [-0.3, -0.25) is 9.59 Å². The molecule has 126 valence electrons. The minimum absolute atomic E-state index is 0.202. The lowest BCUT2D eigenvalue weighted by Gasteiger charge is -2.08. The van der Waals surface area contributed by atoms with Crippen LogP contribution in [0.15, 0.2) is 42.5 Å². The van der Waals surface area contributed by atoms with E-state index in [1.807, 2.05) is 0 Å². The Morgan fingerprint density at radius 2 is 1.58 bits per heavy atom. The van der Waals surface area contributed by atoms with Crippen molar-refractivity contribution in [1.82, 2.24) is 5.32 Å². The lowest BCUT2D eigenvalue weighted by Crippen LogP contribution is -2.26. The van der Waals surface area contributed by atoms with Crippen molar-refractivity contribution in [3.05, 3.63) is 63.6 Å². The number of halogens is 2. The maximum Gasteiger partial charge on any atom is 0.255 e. The maximum atomic E-state index is 12.2. The number of anilines is 1. The van der Waals surface area contributed by atoms with E-state index in [-0.39, 0.29) is 11.8 Å². The highest BCUT2D eigenvalue weighted by Crippen LogP contribution is 2.20. The zero-order valence-electron chi connectivity index (χ0n) is 12.9. The van der Waals surface area contributed by atoms with Crippen LogP contribution in [0.2, 0.25) is 10.0 Å². The first-order valence-corrected chi connectivity index (χ1v) is 7.90. The van der Waals surface area contributed by atoms with Crippen LogP contribution in [0.25, 0.3) is 0 Å². The summed E-state index contributed by atoms with van der Waals surface area (Å²) >= 11 is 11.8. The third kappa shape index (κ3) is 5.23. The molecule has 0 aromatic heterocycles. The number of amides is 2. The van der Waals surface area contributed by atoms with Gasteiger partial charge in [-0.25, -0.2) is 0 Å². The number of hydrogen-bond acceptors (Lipinski definition) is 3. The maximum absolute atomic E-state index is 12.2. The fourth-order valence-corrected chi connectivity index (χ4v) is 2.49. The van der Waals surface area contributed by atoms with E-state index in [9.17, 15) is 9.59 Å². The summed E-state index contributed by atoms with van der Waals surface area (Å²) in [5, 5.41) is 6.21. The molecule has 0 saturated carbocycles. The zero-order valence-corrected chi connectivity index (χ0v) is 14.4. The number of rotatable bonds is 6. The van der Waals surface area contributed by atoms with E-state index in [0.717, 1.165) is 0 Å². The number of nitrogens with one attached hydrogen (secondary N) is 2. The van der Waals surface area contributed by atoms with E-state index < -0.39 is 0 Å². The number of hydrogen-bond donors (Lipinski definition) is 2. The topological polar surface area (TPSA) is 67.4 Å². The molecule has 2 amide bonds. The van der Waals surface area contributed by atoms with E-state index in [4.69, 9.17) is 27.9 Å². The highest BCUT2D eigenvalue weighted by molar-refractivity contribution is 6.35. The van der Waals surface area contributed by atoms with Gasteiger partial charge < -0.3 is 15.4 Å². The Bertz CT molecular complexity index is 713. The van der Waals surface area contributed by atoms with E-state index in [1.54, 1.807) is 37.4 Å². The molecule has 0 bridgehead atoms. The van der Waals surface area contributed by atoms with Crippen LogP contribution in [0.1, 0.15) is 20.7 Å². The Balaban J connectivity index is 2.00. The molecule has 0 spiro atoms. The first kappa shape index (κ1) is 18.3. The molecule has 0 aliphatic carbocycles. The van der Waals surface area contributed by atoms with Crippen molar-refractivity contribution in [1.29, 1.82) is 0 Å². The first-order chi connectivity index (χ1) is 11.5. The lowest BCUT2D eigenvalue weighted by atomic mass is 10.1. The molecule has 0 radical (unpaired) electrons. The fourth-order valence-electron chi connectivity index (χ4n) is 1.96. The van der Waals surface area contributed by atoms with Crippen LogP contribution in [0.5, 0.6) is 0 Å². The number of ether oxygens (including phenoxy) is 1. The summed E-state index contributed by atoms with van der Waals surface area (Å²) in [7, 11) is 1.57. The van der Waals surface area contributed by atoms with Crippen LogP contribution in [-0.4, -0.2) is 32.1 Å². The zero-order chi connectivity index (χ0) is 17.5. The van der Waals surface area contributed by atoms with E-state index in [2.05, 4.69) is 10.6 Å². The summed E-state index contributed by atoms with van der Waals surface area (Å²) in [6, 6.07) is 11.2. The smallest absolute Gasteiger partial charge is 0.255 e. The van der Waals surface area contributed by atoms with Crippen LogP contribution < -0.4 is 10.6 Å². The van der Waals surface area contributed by atoms with Gasteiger partial charge in [0, 0.05) is 40.5 Å². The van der Waals surface area contributed by atoms with Crippen LogP contribution in [0.4, 0.5) is 5.69 Å². The summed E-state index contributed by atoms with van der Waals surface area (Å²) in [5.74, 6) is -0.539. The molecule has 24 heavy (non-hydrogen) atoms. The summed E-state index contributed by atoms with van der Waals surface area (Å²) in [5.41, 5.74) is 1.41. The predicted molar refractivity (Wildman–Crippen MR) is 95.1 cm³/mol. The molecule has 0 atom stereocenters. The average molecular weight is 367 g/mol. The average Bonchev–Trinajstić information content (AvgIpc) is 2.54. The van der Waals surface area contributed by atoms with Crippen molar-refractivity contribution in [2.45, 2.75) is 0 Å². The van der Waals surface area contributed by atoms with Gasteiger partial charge in [0.15, 0.2) is 0 Å². The number of methoxy groups -OCH3 is 1. The number of benzene rings is 2. The normalized spacial score (nSPS) is 10.3. The third-order valence-electron chi connectivity index (χ3n) is 3.12. The molecule has 7 heteroatoms. The Kier molecular flexibility index (Phi) is 6.61. The molecule has 0 aliphatic heterocycles. The van der Waals surface area contributed by atoms with Crippen molar-refractivity contribution < 1.29 is 14.3 Å². The van der Waals surface area contributed by atoms with Crippen LogP contribution in [0.3, 0.4) is 0 Å². The van der Waals surface area contributed by atoms with E-state index in [1.165, 1.54) is 12.1 Å². The Labute approximate surface area is 149 Å². The molecule has 5 nitrogen and oxygen atoms in total. The van der Waals surface area contributed by atoms with Crippen LogP contribution in [-0.2, 0) is 4.74 Å². The van der Waals surface area contributed by atoms with Gasteiger partial charge in [0.1, 0.15) is 0 Å². The largest absolute Gasteiger partial charge is 0.383 e. The second-order valence-corrected chi connectivity index (χ2v) is 5.81. The predicted octanol–water partition coefficient (Wildman–Crippen LogP) is 3.62. The SMILES string of the molecule is COCCNC(=O)c1ccc(NC(=O)c2cc(Cl)cc(Cl)c2)cc1. The van der Waals surface area contributed by atoms with Gasteiger partial charge >= 0.3 is 0 Å². The molecule has 2 aromatic carbocycles. The lowest BCUT2D eigenvalue weighted by molar-refractivity contribution is 0.0936. The molecule has 0 unspecified atom stereocenters. The Hall–Kier alpha value is -2.08. The molecule has 0 heterocycles. The second-order valence-electron chi connectivity index (χ2n) is 4.94. The molecule has 0 saturated heterocycles. The van der Waals surface area contributed by atoms with Crippen LogP contribution >= 0.6 is 23.2 Å². The highest BCUT2D eigenvalue weighted by Gasteiger charge is 2.09. The summed E-state index contributed by atoms with van der Waals surface area (Å²) in [6.07, 6.45) is 0. The molecule has 2 N–H and O–H groups in total. The first-order valence-electron chi connectivity index (χ1n) is 7.14. The molecule has 0 aliphatic rings. The quantitative estimate of drug-likeness (QED) is 0.767. The summed E-state index contributed by atoms with van der Waals surface area (Å²) < 4.78 is 4.87. The van der Waals surface area contributed by atoms with Gasteiger partial charge in [0.2, 0.25) is 0 Å². The van der Waals surface area contributed by atoms with Gasteiger partial charge in [-0.2, -0.15) is 0 Å². The minimum atomic E-state index is -0.336. The molecule has 0 fully saturated rings. The Morgan fingerprint density at radius 1 is 0.958 bits per heavy atom. The Morgan fingerprint density at radius 3 is 2.17 bits per heavy atom. The van der Waals surface area contributed by atoms with Gasteiger partial charge in [-0.1, -0.05) is 23.2 Å². The van der Waals surface area contributed by atoms with Crippen molar-refractivity contribution in [3.8, 4) is 0 Å². The third-order valence-corrected chi connectivity index (χ3v) is 3.56. The summed E-state index contributed by atoms with van der Waals surface area (Å²) in [6.45, 7) is 0.880. The molecular weight excluding hydrogens is 351 g/mol.